The lowest BCUT2D eigenvalue weighted by atomic mass is 9.60. The van der Waals surface area contributed by atoms with Gasteiger partial charge in [0.1, 0.15) is 5.75 Å². The van der Waals surface area contributed by atoms with Crippen LogP contribution in [0.2, 0.25) is 0 Å². The van der Waals surface area contributed by atoms with E-state index < -0.39 is 5.97 Å². The van der Waals surface area contributed by atoms with Gasteiger partial charge >= 0.3 is 5.97 Å². The highest BCUT2D eigenvalue weighted by atomic mass is 16.4. The summed E-state index contributed by atoms with van der Waals surface area (Å²) in [5.74, 6) is -0.518. The average Bonchev–Trinajstić information content (AvgIpc) is 2.82. The molecule has 0 aromatic heterocycles. The lowest BCUT2D eigenvalue weighted by molar-refractivity contribution is 0.0692. The zero-order valence-electron chi connectivity index (χ0n) is 23.3. The van der Waals surface area contributed by atoms with Crippen LogP contribution < -0.4 is 0 Å². The third-order valence-corrected chi connectivity index (χ3v) is 7.97. The van der Waals surface area contributed by atoms with Gasteiger partial charge in [-0.15, -0.1) is 0 Å². The van der Waals surface area contributed by atoms with Gasteiger partial charge in [0, 0.05) is 5.56 Å². The number of carbonyl (C=O) groups is 1. The molecule has 3 nitrogen and oxygen atoms in total. The Bertz CT molecular complexity index is 706. The predicted octanol–water partition coefficient (Wildman–Crippen LogP) is 9.93. The number of phenolic OH excluding ortho intramolecular Hbond substituents is 1. The summed E-state index contributed by atoms with van der Waals surface area (Å²) in [6, 6.07) is 3.37. The van der Waals surface area contributed by atoms with Crippen LogP contribution in [0.25, 0.3) is 0 Å². The van der Waals surface area contributed by atoms with Crippen LogP contribution in [0.3, 0.4) is 0 Å². The summed E-state index contributed by atoms with van der Waals surface area (Å²) in [5.41, 5.74) is 2.06. The number of hydrogen-bond acceptors (Lipinski definition) is 2. The van der Waals surface area contributed by atoms with E-state index in [0.29, 0.717) is 11.3 Å². The van der Waals surface area contributed by atoms with E-state index in [1.165, 1.54) is 0 Å². The summed E-state index contributed by atoms with van der Waals surface area (Å²) in [6.07, 6.45) is 16.9. The smallest absolute Gasteiger partial charge is 0.335 e. The number of aromatic carboxylic acids is 1. The van der Waals surface area contributed by atoms with Crippen LogP contribution in [0.4, 0.5) is 0 Å². The van der Waals surface area contributed by atoms with Gasteiger partial charge in [0.05, 0.1) is 5.56 Å². The van der Waals surface area contributed by atoms with E-state index in [1.807, 2.05) is 0 Å². The SMILES string of the molecule is CCCCC(CCC)(CCCC)c1c(O)ccc(C(=O)O)c1C(CCC)(CCCC)CCCC. The molecule has 1 aromatic rings. The first-order valence-corrected chi connectivity index (χ1v) is 14.4. The third-order valence-electron chi connectivity index (χ3n) is 7.97. The first kappa shape index (κ1) is 30.5. The molecular weight excluding hydrogens is 420 g/mol. The highest BCUT2D eigenvalue weighted by Crippen LogP contribution is 2.52. The van der Waals surface area contributed by atoms with Gasteiger partial charge in [-0.05, 0) is 67.1 Å². The monoisotopic (exact) mass is 474 g/mol. The molecule has 1 rings (SSSR count). The van der Waals surface area contributed by atoms with Gasteiger partial charge in [-0.2, -0.15) is 0 Å². The Labute approximate surface area is 210 Å². The molecule has 0 atom stereocenters. The topological polar surface area (TPSA) is 57.5 Å². The van der Waals surface area contributed by atoms with E-state index in [1.54, 1.807) is 12.1 Å². The Hall–Kier alpha value is -1.51. The second-order valence-electron chi connectivity index (χ2n) is 10.7. The van der Waals surface area contributed by atoms with Crippen molar-refractivity contribution in [3.05, 3.63) is 28.8 Å². The Morgan fingerprint density at radius 2 is 1.00 bits per heavy atom. The molecule has 0 heterocycles. The van der Waals surface area contributed by atoms with Crippen LogP contribution in [-0.2, 0) is 10.8 Å². The van der Waals surface area contributed by atoms with Crippen LogP contribution in [-0.4, -0.2) is 16.2 Å². The van der Waals surface area contributed by atoms with E-state index in [2.05, 4.69) is 41.5 Å². The molecule has 2 N–H and O–H groups in total. The maximum absolute atomic E-state index is 12.7. The van der Waals surface area contributed by atoms with Gasteiger partial charge in [-0.1, -0.05) is 106 Å². The van der Waals surface area contributed by atoms with E-state index in [4.69, 9.17) is 0 Å². The summed E-state index contributed by atoms with van der Waals surface area (Å²) in [5, 5.41) is 22.0. The fourth-order valence-electron chi connectivity index (χ4n) is 6.38. The zero-order valence-corrected chi connectivity index (χ0v) is 23.3. The average molecular weight is 475 g/mol. The van der Waals surface area contributed by atoms with Gasteiger partial charge < -0.3 is 10.2 Å². The quantitative estimate of drug-likeness (QED) is 0.210. The Balaban J connectivity index is 4.11. The molecule has 0 amide bonds. The van der Waals surface area contributed by atoms with Crippen molar-refractivity contribution in [1.29, 1.82) is 0 Å². The largest absolute Gasteiger partial charge is 0.508 e. The number of aromatic hydroxyl groups is 1. The lowest BCUT2D eigenvalue weighted by Crippen LogP contribution is -2.36. The molecule has 0 saturated heterocycles. The number of carboxylic acid groups (broad SMARTS) is 1. The molecule has 0 bridgehead atoms. The molecule has 3 heteroatoms. The van der Waals surface area contributed by atoms with E-state index in [9.17, 15) is 15.0 Å². The number of unbranched alkanes of at least 4 members (excludes halogenated alkanes) is 4. The molecule has 0 aliphatic carbocycles. The van der Waals surface area contributed by atoms with Crippen LogP contribution >= 0.6 is 0 Å². The third kappa shape index (κ3) is 7.49. The van der Waals surface area contributed by atoms with E-state index in [-0.39, 0.29) is 10.8 Å². The standard InChI is InChI=1S/C31H54O3/c1-7-13-21-30(19-11-5,22-14-8-2)27-25(29(33)34)17-18-26(32)28(27)31(20-12-6,23-15-9-3)24-16-10-4/h17-18,32H,7-16,19-24H2,1-6H3,(H,33,34). The van der Waals surface area contributed by atoms with Gasteiger partial charge in [0.2, 0.25) is 0 Å². The molecule has 0 unspecified atom stereocenters. The van der Waals surface area contributed by atoms with Crippen molar-refractivity contribution in [2.45, 2.75) is 155 Å². The molecule has 0 aliphatic rings. The maximum atomic E-state index is 12.7. The molecule has 0 aliphatic heterocycles. The van der Waals surface area contributed by atoms with Crippen molar-refractivity contribution in [2.24, 2.45) is 0 Å². The second kappa shape index (κ2) is 15.5. The molecular formula is C31H54O3. The highest BCUT2D eigenvalue weighted by molar-refractivity contribution is 5.91. The summed E-state index contributed by atoms with van der Waals surface area (Å²) < 4.78 is 0. The van der Waals surface area contributed by atoms with Crippen LogP contribution in [0.1, 0.15) is 166 Å². The summed E-state index contributed by atoms with van der Waals surface area (Å²) in [4.78, 5) is 12.7. The number of carboxylic acids is 1. The Morgan fingerprint density at radius 3 is 1.32 bits per heavy atom. The molecule has 0 fully saturated rings. The fourth-order valence-corrected chi connectivity index (χ4v) is 6.38. The van der Waals surface area contributed by atoms with Gasteiger partial charge in [-0.3, -0.25) is 0 Å². The van der Waals surface area contributed by atoms with E-state index >= 15 is 0 Å². The van der Waals surface area contributed by atoms with Crippen LogP contribution in [0, 0.1) is 0 Å². The summed E-state index contributed by atoms with van der Waals surface area (Å²) >= 11 is 0. The zero-order chi connectivity index (χ0) is 25.6. The predicted molar refractivity (Wildman–Crippen MR) is 146 cm³/mol. The Kier molecular flexibility index (Phi) is 13.9. The van der Waals surface area contributed by atoms with Crippen molar-refractivity contribution in [3.63, 3.8) is 0 Å². The van der Waals surface area contributed by atoms with Crippen molar-refractivity contribution < 1.29 is 15.0 Å². The van der Waals surface area contributed by atoms with Crippen molar-refractivity contribution in [1.82, 2.24) is 0 Å². The molecule has 0 radical (unpaired) electrons. The number of benzene rings is 1. The second-order valence-corrected chi connectivity index (χ2v) is 10.7. The van der Waals surface area contributed by atoms with Crippen LogP contribution in [0.15, 0.2) is 12.1 Å². The van der Waals surface area contributed by atoms with Crippen LogP contribution in [0.5, 0.6) is 5.75 Å². The van der Waals surface area contributed by atoms with Gasteiger partial charge in [-0.25, -0.2) is 4.79 Å². The van der Waals surface area contributed by atoms with Crippen molar-refractivity contribution in [3.8, 4) is 5.75 Å². The summed E-state index contributed by atoms with van der Waals surface area (Å²) in [6.45, 7) is 13.4. The van der Waals surface area contributed by atoms with Gasteiger partial charge in [0.25, 0.3) is 0 Å². The number of hydrogen-bond donors (Lipinski definition) is 2. The molecule has 196 valence electrons. The lowest BCUT2D eigenvalue weighted by Gasteiger charge is -2.44. The highest BCUT2D eigenvalue weighted by Gasteiger charge is 2.43. The number of rotatable bonds is 19. The summed E-state index contributed by atoms with van der Waals surface area (Å²) in [7, 11) is 0. The minimum Gasteiger partial charge on any atom is -0.508 e. The molecule has 0 saturated carbocycles. The maximum Gasteiger partial charge on any atom is 0.335 e. The first-order chi connectivity index (χ1) is 16.3. The van der Waals surface area contributed by atoms with Crippen molar-refractivity contribution in [2.75, 3.05) is 0 Å². The minimum absolute atomic E-state index is 0.164. The van der Waals surface area contributed by atoms with E-state index in [0.717, 1.165) is 114 Å². The Morgan fingerprint density at radius 1 is 0.618 bits per heavy atom. The minimum atomic E-state index is -0.846. The normalized spacial score (nSPS) is 12.3. The van der Waals surface area contributed by atoms with Gasteiger partial charge in [0.15, 0.2) is 0 Å². The molecule has 34 heavy (non-hydrogen) atoms. The molecule has 1 aromatic carbocycles. The fraction of sp³-hybridized carbons (Fsp3) is 0.774. The first-order valence-electron chi connectivity index (χ1n) is 14.4. The number of phenols is 1. The van der Waals surface area contributed by atoms with Crippen molar-refractivity contribution >= 4 is 5.97 Å². The molecule has 0 spiro atoms.